The van der Waals surface area contributed by atoms with Gasteiger partial charge < -0.3 is 0 Å². The Morgan fingerprint density at radius 2 is 2.38 bits per heavy atom. The van der Waals surface area contributed by atoms with Crippen LogP contribution >= 0.6 is 0 Å². The Labute approximate surface area is 90.9 Å². The number of rotatable bonds is 3. The second-order valence-electron chi connectivity index (χ2n) is 3.32. The van der Waals surface area contributed by atoms with E-state index in [1.807, 2.05) is 0 Å². The molecule has 2 aromatic heterocycles. The Hall–Kier alpha value is -2.11. The van der Waals surface area contributed by atoms with Gasteiger partial charge in [0.15, 0.2) is 11.6 Å². The van der Waals surface area contributed by atoms with Gasteiger partial charge in [0.2, 0.25) is 0 Å². The van der Waals surface area contributed by atoms with Gasteiger partial charge in [-0.2, -0.15) is 0 Å². The highest BCUT2D eigenvalue weighted by atomic mass is 19.1. The molecule has 0 fully saturated rings. The van der Waals surface area contributed by atoms with Crippen LogP contribution in [0.5, 0.6) is 0 Å². The van der Waals surface area contributed by atoms with E-state index in [-0.39, 0.29) is 12.1 Å². The second-order valence-corrected chi connectivity index (χ2v) is 3.32. The molecule has 82 valence electrons. The lowest BCUT2D eigenvalue weighted by Crippen LogP contribution is -2.08. The fraction of sp³-hybridized carbons (Fsp3) is 0.200. The Bertz CT molecular complexity index is 523. The van der Waals surface area contributed by atoms with Crippen LogP contribution in [0.4, 0.5) is 4.39 Å². The molecule has 0 aliphatic rings. The van der Waals surface area contributed by atoms with Crippen LogP contribution in [0.2, 0.25) is 0 Å². The van der Waals surface area contributed by atoms with Crippen LogP contribution in [0.15, 0.2) is 24.5 Å². The zero-order valence-corrected chi connectivity index (χ0v) is 8.59. The first-order chi connectivity index (χ1) is 7.66. The Kier molecular flexibility index (Phi) is 2.72. The van der Waals surface area contributed by atoms with E-state index in [0.29, 0.717) is 5.69 Å². The van der Waals surface area contributed by atoms with Crippen molar-refractivity contribution in [3.8, 4) is 0 Å². The summed E-state index contributed by atoms with van der Waals surface area (Å²) in [5.74, 6) is -1.02. The molecule has 0 aliphatic carbocycles. The van der Waals surface area contributed by atoms with E-state index in [9.17, 15) is 9.18 Å². The maximum Gasteiger partial charge on any atom is 0.190 e. The van der Waals surface area contributed by atoms with Crippen molar-refractivity contribution in [2.45, 2.75) is 6.42 Å². The topological polar surface area (TPSA) is 60.7 Å². The zero-order valence-electron chi connectivity index (χ0n) is 8.59. The van der Waals surface area contributed by atoms with Gasteiger partial charge in [0.05, 0.1) is 12.1 Å². The molecule has 16 heavy (non-hydrogen) atoms. The maximum atomic E-state index is 13.2. The molecule has 0 unspecified atom stereocenters. The molecule has 0 aromatic carbocycles. The van der Waals surface area contributed by atoms with E-state index in [0.717, 1.165) is 0 Å². The smallest absolute Gasteiger partial charge is 0.190 e. The number of aryl methyl sites for hydroxylation is 1. The van der Waals surface area contributed by atoms with E-state index >= 15 is 0 Å². The number of carbonyl (C=O) groups is 1. The number of aromatic nitrogens is 4. The summed E-state index contributed by atoms with van der Waals surface area (Å²) in [6, 6.07) is 2.64. The van der Waals surface area contributed by atoms with Crippen molar-refractivity contribution in [2.75, 3.05) is 0 Å². The van der Waals surface area contributed by atoms with Crippen LogP contribution in [0.1, 0.15) is 16.2 Å². The predicted molar refractivity (Wildman–Crippen MR) is 53.2 cm³/mol. The highest BCUT2D eigenvalue weighted by Crippen LogP contribution is 2.06. The number of halogens is 1. The number of ketones is 1. The SMILES string of the molecule is Cn1cc(CC(=O)c2ncccc2F)nn1. The molecule has 0 N–H and O–H groups in total. The van der Waals surface area contributed by atoms with Gasteiger partial charge in [-0.05, 0) is 12.1 Å². The van der Waals surface area contributed by atoms with Gasteiger partial charge >= 0.3 is 0 Å². The predicted octanol–water partition coefficient (Wildman–Crippen LogP) is 0.775. The molecule has 2 aromatic rings. The first-order valence-corrected chi connectivity index (χ1v) is 4.66. The standard InChI is InChI=1S/C10H9FN4O/c1-15-6-7(13-14-15)5-9(16)10-8(11)3-2-4-12-10/h2-4,6H,5H2,1H3. The summed E-state index contributed by atoms with van der Waals surface area (Å²) >= 11 is 0. The average molecular weight is 220 g/mol. The van der Waals surface area contributed by atoms with Crippen LogP contribution in [0, 0.1) is 5.82 Å². The summed E-state index contributed by atoms with van der Waals surface area (Å²) in [4.78, 5) is 15.4. The number of pyridine rings is 1. The first kappa shape index (κ1) is 10.4. The molecule has 0 radical (unpaired) electrons. The minimum absolute atomic E-state index is 0.00176. The summed E-state index contributed by atoms with van der Waals surface area (Å²) in [7, 11) is 1.70. The van der Waals surface area contributed by atoms with Crippen molar-refractivity contribution < 1.29 is 9.18 Å². The number of carbonyl (C=O) groups excluding carboxylic acids is 1. The highest BCUT2D eigenvalue weighted by Gasteiger charge is 2.14. The van der Waals surface area contributed by atoms with Gasteiger partial charge in [-0.3, -0.25) is 14.5 Å². The van der Waals surface area contributed by atoms with Crippen LogP contribution < -0.4 is 0 Å². The molecule has 0 atom stereocenters. The largest absolute Gasteiger partial charge is 0.292 e. The van der Waals surface area contributed by atoms with E-state index in [4.69, 9.17) is 0 Å². The lowest BCUT2D eigenvalue weighted by Gasteiger charge is -1.98. The van der Waals surface area contributed by atoms with Crippen molar-refractivity contribution in [2.24, 2.45) is 7.05 Å². The zero-order chi connectivity index (χ0) is 11.5. The highest BCUT2D eigenvalue weighted by molar-refractivity contribution is 5.95. The Morgan fingerprint density at radius 1 is 1.56 bits per heavy atom. The summed E-state index contributed by atoms with van der Waals surface area (Å²) in [5.41, 5.74) is 0.339. The van der Waals surface area contributed by atoms with Crippen LogP contribution in [-0.4, -0.2) is 25.8 Å². The molecule has 0 amide bonds. The molecule has 2 rings (SSSR count). The van der Waals surface area contributed by atoms with Gasteiger partial charge in [0.25, 0.3) is 0 Å². The summed E-state index contributed by atoms with van der Waals surface area (Å²) in [6.45, 7) is 0. The average Bonchev–Trinajstić information content (AvgIpc) is 2.64. The minimum atomic E-state index is -0.614. The van der Waals surface area contributed by atoms with Gasteiger partial charge in [-0.1, -0.05) is 5.21 Å². The second kappa shape index (κ2) is 4.18. The molecular weight excluding hydrogens is 211 g/mol. The van der Waals surface area contributed by atoms with E-state index in [1.165, 1.54) is 23.0 Å². The number of nitrogens with zero attached hydrogens (tertiary/aromatic N) is 4. The Morgan fingerprint density at radius 3 is 3.00 bits per heavy atom. The monoisotopic (exact) mass is 220 g/mol. The molecule has 0 spiro atoms. The van der Waals surface area contributed by atoms with Crippen molar-refractivity contribution >= 4 is 5.78 Å². The van der Waals surface area contributed by atoms with E-state index in [1.54, 1.807) is 13.2 Å². The van der Waals surface area contributed by atoms with Crippen molar-refractivity contribution in [3.05, 3.63) is 41.7 Å². The molecule has 0 saturated heterocycles. The van der Waals surface area contributed by atoms with Crippen LogP contribution in [-0.2, 0) is 13.5 Å². The molecule has 6 heteroatoms. The number of Topliss-reactive ketones (excluding diaryl/α,β-unsaturated/α-hetero) is 1. The number of hydrogen-bond acceptors (Lipinski definition) is 4. The normalized spacial score (nSPS) is 10.4. The van der Waals surface area contributed by atoms with Crippen molar-refractivity contribution in [3.63, 3.8) is 0 Å². The van der Waals surface area contributed by atoms with Gasteiger partial charge in [0.1, 0.15) is 5.69 Å². The molecule has 0 bridgehead atoms. The summed E-state index contributed by atoms with van der Waals surface area (Å²) in [6.07, 6.45) is 2.99. The van der Waals surface area contributed by atoms with Crippen molar-refractivity contribution in [1.29, 1.82) is 0 Å². The minimum Gasteiger partial charge on any atom is -0.292 e. The third kappa shape index (κ3) is 2.10. The Balaban J connectivity index is 2.18. The first-order valence-electron chi connectivity index (χ1n) is 4.66. The fourth-order valence-electron chi connectivity index (χ4n) is 1.32. The molecule has 5 nitrogen and oxygen atoms in total. The van der Waals surface area contributed by atoms with Gasteiger partial charge in [-0.25, -0.2) is 4.39 Å². The fourth-order valence-corrected chi connectivity index (χ4v) is 1.32. The summed E-state index contributed by atoms with van der Waals surface area (Å²) < 4.78 is 14.7. The summed E-state index contributed by atoms with van der Waals surface area (Å²) in [5, 5.41) is 7.44. The molecule has 2 heterocycles. The number of hydrogen-bond donors (Lipinski definition) is 0. The van der Waals surface area contributed by atoms with Gasteiger partial charge in [-0.15, -0.1) is 5.10 Å². The van der Waals surface area contributed by atoms with E-state index in [2.05, 4.69) is 15.3 Å². The molecule has 0 aliphatic heterocycles. The lowest BCUT2D eigenvalue weighted by atomic mass is 10.1. The maximum absolute atomic E-state index is 13.2. The molecular formula is C10H9FN4O. The van der Waals surface area contributed by atoms with Gasteiger partial charge in [0, 0.05) is 19.4 Å². The lowest BCUT2D eigenvalue weighted by molar-refractivity contribution is 0.0983. The van der Waals surface area contributed by atoms with Crippen LogP contribution in [0.3, 0.4) is 0 Å². The van der Waals surface area contributed by atoms with Crippen molar-refractivity contribution in [1.82, 2.24) is 20.0 Å². The third-order valence-corrected chi connectivity index (χ3v) is 2.01. The molecule has 0 saturated carbocycles. The quantitative estimate of drug-likeness (QED) is 0.717. The third-order valence-electron chi connectivity index (χ3n) is 2.01. The van der Waals surface area contributed by atoms with E-state index < -0.39 is 11.6 Å². The van der Waals surface area contributed by atoms with Crippen LogP contribution in [0.25, 0.3) is 0 Å².